The fraction of sp³-hybridized carbons (Fsp3) is 0.350. The van der Waals surface area contributed by atoms with Gasteiger partial charge in [0.2, 0.25) is 0 Å². The van der Waals surface area contributed by atoms with Gasteiger partial charge in [-0.1, -0.05) is 23.2 Å². The standard InChI is InChI=1S/C20H21Cl2NO4/c1-25-13-6-7-18(26-2)14(11-13)17-5-4-8-23(17)20(24)12-9-15(21)19(27-3)16(22)10-12/h6-7,9-11,17H,4-5,8H2,1-3H3. The van der Waals surface area contributed by atoms with Crippen LogP contribution in [-0.4, -0.2) is 38.7 Å². The van der Waals surface area contributed by atoms with E-state index in [1.807, 2.05) is 23.1 Å². The normalized spacial score (nSPS) is 16.3. The number of hydrogen-bond donors (Lipinski definition) is 0. The molecule has 2 aromatic rings. The first kappa shape index (κ1) is 19.6. The highest BCUT2D eigenvalue weighted by Crippen LogP contribution is 2.41. The molecule has 0 spiro atoms. The Morgan fingerprint density at radius 3 is 2.33 bits per heavy atom. The monoisotopic (exact) mass is 409 g/mol. The van der Waals surface area contributed by atoms with E-state index in [1.165, 1.54) is 7.11 Å². The molecule has 1 saturated heterocycles. The Morgan fingerprint density at radius 1 is 1.04 bits per heavy atom. The van der Waals surface area contributed by atoms with E-state index < -0.39 is 0 Å². The number of nitrogens with zero attached hydrogens (tertiary/aromatic N) is 1. The first-order valence-corrected chi connectivity index (χ1v) is 9.31. The molecular weight excluding hydrogens is 389 g/mol. The number of benzene rings is 2. The zero-order chi connectivity index (χ0) is 19.6. The summed E-state index contributed by atoms with van der Waals surface area (Å²) in [6.07, 6.45) is 1.74. The number of ether oxygens (including phenoxy) is 3. The van der Waals surface area contributed by atoms with Crippen LogP contribution in [0.5, 0.6) is 17.2 Å². The predicted octanol–water partition coefficient (Wildman–Crippen LogP) is 5.00. The van der Waals surface area contributed by atoms with Crippen LogP contribution in [0.2, 0.25) is 10.0 Å². The van der Waals surface area contributed by atoms with Crippen molar-refractivity contribution >= 4 is 29.1 Å². The lowest BCUT2D eigenvalue weighted by Gasteiger charge is -2.27. The lowest BCUT2D eigenvalue weighted by molar-refractivity contribution is 0.0734. The highest BCUT2D eigenvalue weighted by Gasteiger charge is 2.33. The maximum atomic E-state index is 13.2. The van der Waals surface area contributed by atoms with Crippen LogP contribution in [0.3, 0.4) is 0 Å². The molecule has 0 N–H and O–H groups in total. The molecule has 1 aliphatic rings. The molecule has 3 rings (SSSR count). The molecule has 7 heteroatoms. The van der Waals surface area contributed by atoms with Gasteiger partial charge in [0.05, 0.1) is 37.4 Å². The van der Waals surface area contributed by atoms with Crippen LogP contribution in [0.15, 0.2) is 30.3 Å². The van der Waals surface area contributed by atoms with Crippen molar-refractivity contribution in [3.63, 3.8) is 0 Å². The molecule has 0 aliphatic carbocycles. The van der Waals surface area contributed by atoms with Gasteiger partial charge in [-0.05, 0) is 43.2 Å². The van der Waals surface area contributed by atoms with Crippen molar-refractivity contribution in [2.24, 2.45) is 0 Å². The number of carbonyl (C=O) groups is 1. The molecule has 144 valence electrons. The van der Waals surface area contributed by atoms with Gasteiger partial charge in [-0.2, -0.15) is 0 Å². The summed E-state index contributed by atoms with van der Waals surface area (Å²) in [4.78, 5) is 15.0. The number of amides is 1. The number of methoxy groups -OCH3 is 3. The van der Waals surface area contributed by atoms with Crippen molar-refractivity contribution in [2.45, 2.75) is 18.9 Å². The van der Waals surface area contributed by atoms with Gasteiger partial charge in [0.1, 0.15) is 11.5 Å². The third kappa shape index (κ3) is 3.80. The van der Waals surface area contributed by atoms with Crippen molar-refractivity contribution in [1.29, 1.82) is 0 Å². The van der Waals surface area contributed by atoms with E-state index in [2.05, 4.69) is 0 Å². The first-order valence-electron chi connectivity index (χ1n) is 8.56. The molecule has 0 saturated carbocycles. The van der Waals surface area contributed by atoms with Gasteiger partial charge in [-0.15, -0.1) is 0 Å². The summed E-state index contributed by atoms with van der Waals surface area (Å²) in [5, 5.41) is 0.617. The molecular formula is C20H21Cl2NO4. The van der Waals surface area contributed by atoms with Crippen LogP contribution in [0.25, 0.3) is 0 Å². The number of hydrogen-bond acceptors (Lipinski definition) is 4. The maximum Gasteiger partial charge on any atom is 0.254 e. The first-order chi connectivity index (χ1) is 13.0. The van der Waals surface area contributed by atoms with E-state index in [0.717, 1.165) is 29.9 Å². The van der Waals surface area contributed by atoms with Crippen LogP contribution in [-0.2, 0) is 0 Å². The van der Waals surface area contributed by atoms with Crippen molar-refractivity contribution in [3.8, 4) is 17.2 Å². The summed E-state index contributed by atoms with van der Waals surface area (Å²) in [6, 6.07) is 8.69. The smallest absolute Gasteiger partial charge is 0.254 e. The fourth-order valence-electron chi connectivity index (χ4n) is 3.48. The van der Waals surface area contributed by atoms with Crippen LogP contribution < -0.4 is 14.2 Å². The van der Waals surface area contributed by atoms with Gasteiger partial charge in [-0.3, -0.25) is 4.79 Å². The van der Waals surface area contributed by atoms with Crippen LogP contribution >= 0.6 is 23.2 Å². The summed E-state index contributed by atoms with van der Waals surface area (Å²) in [6.45, 7) is 0.644. The van der Waals surface area contributed by atoms with Gasteiger partial charge in [0.15, 0.2) is 5.75 Å². The minimum Gasteiger partial charge on any atom is -0.497 e. The minimum absolute atomic E-state index is 0.109. The number of carbonyl (C=O) groups excluding carboxylic acids is 1. The highest BCUT2D eigenvalue weighted by molar-refractivity contribution is 6.37. The molecule has 2 aromatic carbocycles. The second-order valence-corrected chi connectivity index (χ2v) is 7.05. The minimum atomic E-state index is -0.131. The number of halogens is 2. The summed E-state index contributed by atoms with van der Waals surface area (Å²) >= 11 is 12.4. The molecule has 5 nitrogen and oxygen atoms in total. The molecule has 0 radical (unpaired) electrons. The summed E-state index contributed by atoms with van der Waals surface area (Å²) in [5.41, 5.74) is 1.35. The summed E-state index contributed by atoms with van der Waals surface area (Å²) in [7, 11) is 4.72. The van der Waals surface area contributed by atoms with E-state index in [-0.39, 0.29) is 11.9 Å². The molecule has 1 heterocycles. The summed E-state index contributed by atoms with van der Waals surface area (Å²) in [5.74, 6) is 1.68. The lowest BCUT2D eigenvalue weighted by Crippen LogP contribution is -2.30. The molecule has 1 atom stereocenters. The number of likely N-dealkylation sites (tertiary alicyclic amines) is 1. The van der Waals surface area contributed by atoms with Crippen molar-refractivity contribution in [1.82, 2.24) is 4.90 Å². The van der Waals surface area contributed by atoms with Crippen LogP contribution in [0.4, 0.5) is 0 Å². The Hall–Kier alpha value is -2.11. The highest BCUT2D eigenvalue weighted by atomic mass is 35.5. The zero-order valence-electron chi connectivity index (χ0n) is 15.4. The third-order valence-corrected chi connectivity index (χ3v) is 5.32. The Balaban J connectivity index is 1.96. The van der Waals surface area contributed by atoms with Crippen LogP contribution in [0, 0.1) is 0 Å². The molecule has 1 unspecified atom stereocenters. The van der Waals surface area contributed by atoms with E-state index >= 15 is 0 Å². The van der Waals surface area contributed by atoms with Crippen molar-refractivity contribution in [3.05, 3.63) is 51.5 Å². The molecule has 1 aliphatic heterocycles. The Kier molecular flexibility index (Phi) is 6.02. The van der Waals surface area contributed by atoms with E-state index in [0.29, 0.717) is 27.9 Å². The topological polar surface area (TPSA) is 48.0 Å². The van der Waals surface area contributed by atoms with Gasteiger partial charge >= 0.3 is 0 Å². The largest absolute Gasteiger partial charge is 0.497 e. The molecule has 0 bridgehead atoms. The Labute approximate surface area is 168 Å². The third-order valence-electron chi connectivity index (χ3n) is 4.76. The zero-order valence-corrected chi connectivity index (χ0v) is 16.9. The average molecular weight is 410 g/mol. The number of rotatable bonds is 5. The van der Waals surface area contributed by atoms with Gasteiger partial charge < -0.3 is 19.1 Å². The molecule has 1 fully saturated rings. The van der Waals surface area contributed by atoms with Crippen molar-refractivity contribution < 1.29 is 19.0 Å². The SMILES string of the molecule is COc1ccc(OC)c(C2CCCN2C(=O)c2cc(Cl)c(OC)c(Cl)c2)c1. The quantitative estimate of drug-likeness (QED) is 0.697. The Bertz CT molecular complexity index is 833. The molecule has 1 amide bonds. The summed E-state index contributed by atoms with van der Waals surface area (Å²) < 4.78 is 16.0. The lowest BCUT2D eigenvalue weighted by atomic mass is 10.0. The second-order valence-electron chi connectivity index (χ2n) is 6.24. The second kappa shape index (κ2) is 8.28. The van der Waals surface area contributed by atoms with Gasteiger partial charge in [0, 0.05) is 17.7 Å². The molecule has 0 aromatic heterocycles. The average Bonchev–Trinajstić information content (AvgIpc) is 3.16. The fourth-order valence-corrected chi connectivity index (χ4v) is 4.12. The van der Waals surface area contributed by atoms with E-state index in [9.17, 15) is 4.79 Å². The molecule has 27 heavy (non-hydrogen) atoms. The Morgan fingerprint density at radius 2 is 1.74 bits per heavy atom. The van der Waals surface area contributed by atoms with Gasteiger partial charge in [-0.25, -0.2) is 0 Å². The van der Waals surface area contributed by atoms with E-state index in [1.54, 1.807) is 26.4 Å². The predicted molar refractivity (Wildman–Crippen MR) is 106 cm³/mol. The van der Waals surface area contributed by atoms with Crippen LogP contribution in [0.1, 0.15) is 34.8 Å². The van der Waals surface area contributed by atoms with E-state index in [4.69, 9.17) is 37.4 Å². The van der Waals surface area contributed by atoms with Crippen molar-refractivity contribution in [2.75, 3.05) is 27.9 Å². The van der Waals surface area contributed by atoms with Gasteiger partial charge in [0.25, 0.3) is 5.91 Å². The maximum absolute atomic E-state index is 13.2.